The molecule has 0 radical (unpaired) electrons. The molecule has 2 aromatic rings. The third-order valence-corrected chi connectivity index (χ3v) is 4.19. The summed E-state index contributed by atoms with van der Waals surface area (Å²) in [4.78, 5) is 26.7. The van der Waals surface area contributed by atoms with E-state index in [0.29, 0.717) is 10.5 Å². The summed E-state index contributed by atoms with van der Waals surface area (Å²) in [6.07, 6.45) is -6.56. The monoisotopic (exact) mass is 389 g/mol. The minimum absolute atomic E-state index is 0.0942. The van der Waals surface area contributed by atoms with E-state index in [1.165, 1.54) is 30.3 Å². The van der Waals surface area contributed by atoms with Crippen molar-refractivity contribution in [3.8, 4) is 6.07 Å². The zero-order valence-electron chi connectivity index (χ0n) is 14.1. The number of H-pyrrole nitrogens is 1. The van der Waals surface area contributed by atoms with Crippen LogP contribution < -0.4 is 16.1 Å². The van der Waals surface area contributed by atoms with Gasteiger partial charge in [-0.25, -0.2) is 14.5 Å². The second-order valence-electron chi connectivity index (χ2n) is 5.85. The number of nitrogens with zero attached hydrogens (tertiary/aromatic N) is 4. The highest BCUT2D eigenvalue weighted by molar-refractivity contribution is 5.86. The first-order valence-corrected chi connectivity index (χ1v) is 7.91. The van der Waals surface area contributed by atoms with Gasteiger partial charge in [-0.3, -0.25) is 9.55 Å². The summed E-state index contributed by atoms with van der Waals surface area (Å²) in [5, 5.41) is 50.6. The van der Waals surface area contributed by atoms with Gasteiger partial charge in [0.25, 0.3) is 0 Å². The van der Waals surface area contributed by atoms with E-state index in [0.717, 1.165) is 10.8 Å². The van der Waals surface area contributed by atoms with Crippen LogP contribution >= 0.6 is 0 Å². The second kappa shape index (κ2) is 7.53. The van der Waals surface area contributed by atoms with Crippen molar-refractivity contribution in [2.24, 2.45) is 5.16 Å². The van der Waals surface area contributed by atoms with Crippen LogP contribution in [-0.2, 0) is 4.74 Å². The number of hydrogen-bond donors (Lipinski definition) is 5. The molecule has 1 aliphatic heterocycles. The average Bonchev–Trinajstić information content (AvgIpc) is 2.97. The largest absolute Gasteiger partial charge is 0.465 e. The van der Waals surface area contributed by atoms with E-state index < -0.39 is 36.4 Å². The maximum absolute atomic E-state index is 12.1. The lowest BCUT2D eigenvalue weighted by molar-refractivity contribution is -0.0392. The summed E-state index contributed by atoms with van der Waals surface area (Å²) < 4.78 is 6.38. The molecular weight excluding hydrogens is 374 g/mol. The van der Waals surface area contributed by atoms with Crippen molar-refractivity contribution >= 4 is 11.8 Å². The zero-order valence-corrected chi connectivity index (χ0v) is 14.1. The molecule has 2 heterocycles. The molecule has 5 N–H and O–H groups in total. The molecule has 1 saturated heterocycles. The zero-order chi connectivity index (χ0) is 20.4. The van der Waals surface area contributed by atoms with Crippen LogP contribution in [0.5, 0.6) is 0 Å². The minimum Gasteiger partial charge on any atom is -0.465 e. The molecule has 1 fully saturated rings. The number of ether oxygens (including phenoxy) is 1. The number of benzene rings is 1. The van der Waals surface area contributed by atoms with Crippen LogP contribution in [0.25, 0.3) is 0 Å². The van der Waals surface area contributed by atoms with Gasteiger partial charge in [0.1, 0.15) is 12.2 Å². The van der Waals surface area contributed by atoms with Gasteiger partial charge in [-0.2, -0.15) is 5.26 Å². The molecule has 12 heteroatoms. The van der Waals surface area contributed by atoms with Gasteiger partial charge >= 0.3 is 11.8 Å². The minimum atomic E-state index is -1.68. The maximum atomic E-state index is 12.1. The van der Waals surface area contributed by atoms with Crippen LogP contribution in [0.15, 0.2) is 46.5 Å². The number of amides is 1. The Morgan fingerprint density at radius 2 is 1.93 bits per heavy atom. The Morgan fingerprint density at radius 3 is 2.46 bits per heavy atom. The number of nitriles is 1. The van der Waals surface area contributed by atoms with Gasteiger partial charge in [-0.15, -0.1) is 0 Å². The van der Waals surface area contributed by atoms with Crippen LogP contribution in [0.4, 0.5) is 10.5 Å². The number of aliphatic hydroxyl groups excluding tert-OH is 2. The molecule has 0 saturated carbocycles. The Hall–Kier alpha value is -3.66. The number of aromatic nitrogens is 2. The molecule has 1 aliphatic rings. The molecule has 0 spiro atoms. The first-order valence-electron chi connectivity index (χ1n) is 7.91. The third kappa shape index (κ3) is 3.32. The van der Waals surface area contributed by atoms with Gasteiger partial charge in [0.15, 0.2) is 17.9 Å². The summed E-state index contributed by atoms with van der Waals surface area (Å²) in [7, 11) is 0. The predicted octanol–water partition coefficient (Wildman–Crippen LogP) is -0.901. The molecule has 12 nitrogen and oxygen atoms in total. The molecule has 0 aliphatic carbocycles. The quantitative estimate of drug-likeness (QED) is 0.330. The van der Waals surface area contributed by atoms with E-state index in [2.05, 4.69) is 10.1 Å². The number of rotatable bonds is 3. The van der Waals surface area contributed by atoms with Gasteiger partial charge in [-0.05, 0) is 24.3 Å². The van der Waals surface area contributed by atoms with Crippen molar-refractivity contribution in [1.82, 2.24) is 9.55 Å². The van der Waals surface area contributed by atoms with Crippen molar-refractivity contribution < 1.29 is 30.1 Å². The van der Waals surface area contributed by atoms with Crippen LogP contribution in [0, 0.1) is 11.3 Å². The van der Waals surface area contributed by atoms with Gasteiger partial charge in [0, 0.05) is 18.0 Å². The first-order chi connectivity index (χ1) is 13.4. The summed E-state index contributed by atoms with van der Waals surface area (Å²) in [5.74, 6) is 0. The summed E-state index contributed by atoms with van der Waals surface area (Å²) in [6, 6.07) is 8.58. The van der Waals surface area contributed by atoms with E-state index in [-0.39, 0.29) is 11.2 Å². The number of aliphatic hydroxyl groups is 2. The Kier molecular flexibility index (Phi) is 5.14. The second-order valence-corrected chi connectivity index (χ2v) is 5.85. The normalized spacial score (nSPS) is 24.7. The van der Waals surface area contributed by atoms with E-state index in [1.54, 1.807) is 0 Å². The molecule has 1 amide bonds. The number of carboxylic acid groups (broad SMARTS) is 1. The number of carbonyl (C=O) groups is 1. The van der Waals surface area contributed by atoms with Crippen LogP contribution in [0.2, 0.25) is 0 Å². The lowest BCUT2D eigenvalue weighted by Gasteiger charge is -2.27. The third-order valence-electron chi connectivity index (χ3n) is 4.19. The average molecular weight is 389 g/mol. The maximum Gasteiger partial charge on any atom is 0.414 e. The van der Waals surface area contributed by atoms with Crippen molar-refractivity contribution in [1.29, 1.82) is 5.26 Å². The lowest BCUT2D eigenvalue weighted by atomic mass is 10.1. The number of aromatic amines is 1. The van der Waals surface area contributed by atoms with Crippen molar-refractivity contribution in [3.05, 3.63) is 58.1 Å². The SMILES string of the molecule is N#Cc1ccc(N(C(=O)O)[C@@H]2O[C@@H](n3cc/c(=N/O)[nH]c3=O)[C@H](O)[C@@H]2O)cc1. The highest BCUT2D eigenvalue weighted by atomic mass is 16.6. The Labute approximate surface area is 156 Å². The van der Waals surface area contributed by atoms with Crippen molar-refractivity contribution in [2.75, 3.05) is 4.90 Å². The van der Waals surface area contributed by atoms with Crippen molar-refractivity contribution in [2.45, 2.75) is 24.7 Å². The Balaban J connectivity index is 1.96. The van der Waals surface area contributed by atoms with Crippen LogP contribution in [0.3, 0.4) is 0 Å². The molecule has 0 unspecified atom stereocenters. The Morgan fingerprint density at radius 1 is 1.25 bits per heavy atom. The highest BCUT2D eigenvalue weighted by Gasteiger charge is 2.48. The van der Waals surface area contributed by atoms with E-state index in [4.69, 9.17) is 15.2 Å². The van der Waals surface area contributed by atoms with Gasteiger partial charge in [0.2, 0.25) is 0 Å². The molecule has 4 atom stereocenters. The van der Waals surface area contributed by atoms with E-state index in [1.807, 2.05) is 6.07 Å². The molecule has 0 bridgehead atoms. The number of nitrogens with one attached hydrogen (secondary N) is 1. The number of hydrogen-bond acceptors (Lipinski definition) is 8. The summed E-state index contributed by atoms with van der Waals surface area (Å²) in [6.45, 7) is 0. The fourth-order valence-corrected chi connectivity index (χ4v) is 2.84. The standard InChI is InChI=1S/C16H15N5O7/c17-7-8-1-3-9(4-2-8)21(16(25)26)14-12(23)11(22)13(28-14)20-6-5-10(19-27)18-15(20)24/h1-6,11-14,22-23,27H,(H,25,26)(H,18,19,24)/t11-,12+,13-,14-/m1/s1. The molecule has 1 aromatic carbocycles. The van der Waals surface area contributed by atoms with E-state index in [9.17, 15) is 24.9 Å². The predicted molar refractivity (Wildman–Crippen MR) is 90.0 cm³/mol. The highest BCUT2D eigenvalue weighted by Crippen LogP contribution is 2.33. The summed E-state index contributed by atoms with van der Waals surface area (Å²) >= 11 is 0. The van der Waals surface area contributed by atoms with Crippen LogP contribution in [0.1, 0.15) is 11.8 Å². The van der Waals surface area contributed by atoms with Crippen LogP contribution in [-0.4, -0.2) is 54.6 Å². The number of anilines is 1. The summed E-state index contributed by atoms with van der Waals surface area (Å²) in [5.41, 5.74) is -0.559. The molecular formula is C16H15N5O7. The van der Waals surface area contributed by atoms with Gasteiger partial charge < -0.3 is 25.3 Å². The van der Waals surface area contributed by atoms with Crippen molar-refractivity contribution in [3.63, 3.8) is 0 Å². The van der Waals surface area contributed by atoms with Gasteiger partial charge in [0.05, 0.1) is 11.6 Å². The molecule has 1 aromatic heterocycles. The first kappa shape index (κ1) is 19.1. The molecule has 28 heavy (non-hydrogen) atoms. The van der Waals surface area contributed by atoms with Gasteiger partial charge in [-0.1, -0.05) is 5.16 Å². The fourth-order valence-electron chi connectivity index (χ4n) is 2.84. The lowest BCUT2D eigenvalue weighted by Crippen LogP contribution is -2.47. The molecule has 146 valence electrons. The Bertz CT molecular complexity index is 1040. The smallest absolute Gasteiger partial charge is 0.414 e. The fraction of sp³-hybridized carbons (Fsp3) is 0.250. The molecule has 3 rings (SSSR count). The topological polar surface area (TPSA) is 184 Å². The van der Waals surface area contributed by atoms with E-state index >= 15 is 0 Å².